The van der Waals surface area contributed by atoms with Crippen molar-refractivity contribution in [2.45, 2.75) is 31.7 Å². The number of amides is 1. The van der Waals surface area contributed by atoms with E-state index in [2.05, 4.69) is 10.3 Å². The Kier molecular flexibility index (Phi) is 3.70. The van der Waals surface area contributed by atoms with Gasteiger partial charge in [0.15, 0.2) is 0 Å². The van der Waals surface area contributed by atoms with Gasteiger partial charge in [-0.3, -0.25) is 9.78 Å². The summed E-state index contributed by atoms with van der Waals surface area (Å²) in [5.74, 6) is 1.55. The zero-order valence-corrected chi connectivity index (χ0v) is 14.6. The van der Waals surface area contributed by atoms with E-state index in [0.717, 1.165) is 34.5 Å². The molecule has 0 bridgehead atoms. The number of nitrogens with one attached hydrogen (secondary N) is 1. The molecule has 1 amide bonds. The summed E-state index contributed by atoms with van der Waals surface area (Å²) >= 11 is 0. The van der Waals surface area contributed by atoms with E-state index in [1.54, 1.807) is 12.4 Å². The first kappa shape index (κ1) is 15.5. The average molecular weight is 343 g/mol. The van der Waals surface area contributed by atoms with Crippen LogP contribution in [-0.2, 0) is 0 Å². The Morgan fingerprint density at radius 3 is 2.92 bits per heavy atom. The van der Waals surface area contributed by atoms with Crippen LogP contribution in [0.15, 0.2) is 54.9 Å². The molecule has 2 saturated carbocycles. The number of nitrogens with zero attached hydrogens (tertiary/aromatic N) is 2. The largest absolute Gasteiger partial charge is 0.349 e. The first-order chi connectivity index (χ1) is 12.8. The first-order valence-corrected chi connectivity index (χ1v) is 9.40. The number of hydrogen-bond acceptors (Lipinski definition) is 3. The minimum absolute atomic E-state index is 0.0197. The Balaban J connectivity index is 1.54. The van der Waals surface area contributed by atoms with E-state index in [1.165, 1.54) is 19.3 Å². The van der Waals surface area contributed by atoms with Crippen molar-refractivity contribution >= 4 is 16.8 Å². The lowest BCUT2D eigenvalue weighted by Gasteiger charge is -2.23. The van der Waals surface area contributed by atoms with Crippen LogP contribution in [0.25, 0.3) is 22.2 Å². The molecule has 2 fully saturated rings. The van der Waals surface area contributed by atoms with E-state index in [4.69, 9.17) is 4.98 Å². The number of pyridine rings is 2. The van der Waals surface area contributed by atoms with E-state index >= 15 is 0 Å². The van der Waals surface area contributed by atoms with E-state index in [-0.39, 0.29) is 5.91 Å². The Hall–Kier alpha value is -2.75. The van der Waals surface area contributed by atoms with Gasteiger partial charge in [0.2, 0.25) is 0 Å². The minimum atomic E-state index is 0.0197. The van der Waals surface area contributed by atoms with Gasteiger partial charge < -0.3 is 5.32 Å². The Morgan fingerprint density at radius 1 is 1.12 bits per heavy atom. The number of benzene rings is 1. The van der Waals surface area contributed by atoms with E-state index in [0.29, 0.717) is 17.5 Å². The summed E-state index contributed by atoms with van der Waals surface area (Å²) in [6.07, 6.45) is 8.47. The fourth-order valence-corrected chi connectivity index (χ4v) is 4.36. The minimum Gasteiger partial charge on any atom is -0.349 e. The van der Waals surface area contributed by atoms with Crippen LogP contribution in [0.1, 0.15) is 36.0 Å². The summed E-state index contributed by atoms with van der Waals surface area (Å²) in [4.78, 5) is 22.0. The van der Waals surface area contributed by atoms with E-state index in [9.17, 15) is 4.79 Å². The Morgan fingerprint density at radius 2 is 2.04 bits per heavy atom. The van der Waals surface area contributed by atoms with Gasteiger partial charge in [-0.2, -0.15) is 0 Å². The van der Waals surface area contributed by atoms with Crippen LogP contribution in [0.2, 0.25) is 0 Å². The van der Waals surface area contributed by atoms with Crippen molar-refractivity contribution in [2.75, 3.05) is 0 Å². The number of fused-ring (bicyclic) bond motifs is 2. The molecule has 130 valence electrons. The number of carbonyl (C=O) groups is 1. The predicted molar refractivity (Wildman–Crippen MR) is 102 cm³/mol. The molecular formula is C22H21N3O. The molecule has 2 aromatic heterocycles. The van der Waals surface area contributed by atoms with Gasteiger partial charge in [-0.05, 0) is 48.9 Å². The molecule has 1 N–H and O–H groups in total. The molecule has 0 saturated heterocycles. The smallest absolute Gasteiger partial charge is 0.252 e. The first-order valence-electron chi connectivity index (χ1n) is 9.40. The summed E-state index contributed by atoms with van der Waals surface area (Å²) in [5.41, 5.74) is 3.26. The predicted octanol–water partition coefficient (Wildman–Crippen LogP) is 4.22. The van der Waals surface area contributed by atoms with Crippen molar-refractivity contribution in [3.63, 3.8) is 0 Å². The lowest BCUT2D eigenvalue weighted by atomic mass is 9.95. The number of rotatable bonds is 3. The highest BCUT2D eigenvalue weighted by molar-refractivity contribution is 6.07. The van der Waals surface area contributed by atoms with Gasteiger partial charge in [-0.1, -0.05) is 31.0 Å². The SMILES string of the molecule is O=C(NC1CCCC2CC21)c1cc(-c2cccnc2)nc2ccccc12. The standard InChI is InChI=1S/C22H21N3O/c26-22(25-20-9-3-5-14-11-17(14)20)18-12-21(15-6-4-10-23-13-15)24-19-8-2-1-7-16(18)19/h1-2,4,6-8,10,12-14,17,20H,3,5,9,11H2,(H,25,26). The van der Waals surface area contributed by atoms with Crippen molar-refractivity contribution in [1.29, 1.82) is 0 Å². The third-order valence-electron chi connectivity index (χ3n) is 5.82. The number of aromatic nitrogens is 2. The average Bonchev–Trinajstić information content (AvgIpc) is 3.48. The topological polar surface area (TPSA) is 54.9 Å². The van der Waals surface area contributed by atoms with Crippen LogP contribution in [0.4, 0.5) is 0 Å². The number of hydrogen-bond donors (Lipinski definition) is 1. The van der Waals surface area contributed by atoms with Crippen molar-refractivity contribution < 1.29 is 4.79 Å². The highest BCUT2D eigenvalue weighted by Crippen LogP contribution is 2.49. The second-order valence-electron chi connectivity index (χ2n) is 7.48. The van der Waals surface area contributed by atoms with Gasteiger partial charge in [0, 0.05) is 29.4 Å². The molecule has 3 aromatic rings. The van der Waals surface area contributed by atoms with Gasteiger partial charge in [0.05, 0.1) is 16.8 Å². The maximum atomic E-state index is 13.1. The lowest BCUT2D eigenvalue weighted by molar-refractivity contribution is 0.0925. The quantitative estimate of drug-likeness (QED) is 0.775. The van der Waals surface area contributed by atoms with Crippen molar-refractivity contribution in [2.24, 2.45) is 11.8 Å². The molecule has 5 rings (SSSR count). The fraction of sp³-hybridized carbons (Fsp3) is 0.318. The van der Waals surface area contributed by atoms with Crippen LogP contribution < -0.4 is 5.32 Å². The highest BCUT2D eigenvalue weighted by Gasteiger charge is 2.45. The molecule has 26 heavy (non-hydrogen) atoms. The zero-order valence-electron chi connectivity index (χ0n) is 14.6. The van der Waals surface area contributed by atoms with Crippen LogP contribution >= 0.6 is 0 Å². The molecule has 4 nitrogen and oxygen atoms in total. The molecule has 4 heteroatoms. The highest BCUT2D eigenvalue weighted by atomic mass is 16.1. The van der Waals surface area contributed by atoms with E-state index < -0.39 is 0 Å². The van der Waals surface area contributed by atoms with Crippen LogP contribution in [0, 0.1) is 11.8 Å². The second-order valence-corrected chi connectivity index (χ2v) is 7.48. The molecule has 0 radical (unpaired) electrons. The molecule has 2 heterocycles. The summed E-state index contributed by atoms with van der Waals surface area (Å²) in [6, 6.07) is 14.0. The number of para-hydroxylation sites is 1. The van der Waals surface area contributed by atoms with E-state index in [1.807, 2.05) is 42.5 Å². The van der Waals surface area contributed by atoms with Crippen molar-refractivity contribution in [3.05, 3.63) is 60.4 Å². The maximum Gasteiger partial charge on any atom is 0.252 e. The maximum absolute atomic E-state index is 13.1. The van der Waals surface area contributed by atoms with Crippen LogP contribution in [0.3, 0.4) is 0 Å². The molecule has 0 aliphatic heterocycles. The monoisotopic (exact) mass is 343 g/mol. The molecular weight excluding hydrogens is 322 g/mol. The van der Waals surface area contributed by atoms with Crippen molar-refractivity contribution in [3.8, 4) is 11.3 Å². The summed E-state index contributed by atoms with van der Waals surface area (Å²) < 4.78 is 0. The normalized spacial score (nSPS) is 24.1. The van der Waals surface area contributed by atoms with Gasteiger partial charge in [0.1, 0.15) is 0 Å². The van der Waals surface area contributed by atoms with Gasteiger partial charge >= 0.3 is 0 Å². The Bertz CT molecular complexity index is 970. The summed E-state index contributed by atoms with van der Waals surface area (Å²) in [6.45, 7) is 0. The van der Waals surface area contributed by atoms with Crippen molar-refractivity contribution in [1.82, 2.24) is 15.3 Å². The number of carbonyl (C=O) groups excluding carboxylic acids is 1. The third-order valence-corrected chi connectivity index (χ3v) is 5.82. The second kappa shape index (κ2) is 6.20. The molecule has 0 spiro atoms. The van der Waals surface area contributed by atoms with Crippen LogP contribution in [0.5, 0.6) is 0 Å². The zero-order chi connectivity index (χ0) is 17.5. The lowest BCUT2D eigenvalue weighted by Crippen LogP contribution is -2.38. The third kappa shape index (κ3) is 2.75. The molecule has 3 atom stereocenters. The molecule has 3 unspecified atom stereocenters. The van der Waals surface area contributed by atoms with Gasteiger partial charge in [-0.15, -0.1) is 0 Å². The van der Waals surface area contributed by atoms with Gasteiger partial charge in [0.25, 0.3) is 5.91 Å². The molecule has 2 aliphatic carbocycles. The van der Waals surface area contributed by atoms with Gasteiger partial charge in [-0.25, -0.2) is 4.98 Å². The Labute approximate surface area is 152 Å². The molecule has 1 aromatic carbocycles. The summed E-state index contributed by atoms with van der Waals surface area (Å²) in [5, 5.41) is 4.22. The molecule has 2 aliphatic rings. The fourth-order valence-electron chi connectivity index (χ4n) is 4.36. The summed E-state index contributed by atoms with van der Waals surface area (Å²) in [7, 11) is 0. The van der Waals surface area contributed by atoms with Crippen LogP contribution in [-0.4, -0.2) is 21.9 Å².